The zero-order valence-electron chi connectivity index (χ0n) is 22.6. The molecule has 0 atom stereocenters. The van der Waals surface area contributed by atoms with E-state index in [1.807, 2.05) is 21.6 Å². The first-order valence-corrected chi connectivity index (χ1v) is 13.7. The molecule has 39 heavy (non-hydrogen) atoms. The summed E-state index contributed by atoms with van der Waals surface area (Å²) in [5, 5.41) is 13.7. The standard InChI is InChI=1S/C32H33B2N2O3/c1-35-15-17-38-33-29-19-30-28(21-37-20-22-11-13-23(14-12-22)34(30)39-18-16-36-2)31-26-9-5-3-7-24(26)25-8-4-6-10-27(25)32(29)31/h3-14,19,35-36H,15-18,20-21H2,1-2H3. The van der Waals surface area contributed by atoms with Crippen LogP contribution in [-0.4, -0.2) is 54.8 Å². The molecule has 2 aliphatic heterocycles. The van der Waals surface area contributed by atoms with Gasteiger partial charge in [0.1, 0.15) is 0 Å². The highest BCUT2D eigenvalue weighted by Crippen LogP contribution is 2.36. The second-order valence-corrected chi connectivity index (χ2v) is 10.1. The van der Waals surface area contributed by atoms with Gasteiger partial charge in [0, 0.05) is 26.3 Å². The van der Waals surface area contributed by atoms with Gasteiger partial charge in [-0.1, -0.05) is 78.9 Å². The first kappa shape index (κ1) is 26.1. The van der Waals surface area contributed by atoms with E-state index in [0.717, 1.165) is 29.5 Å². The van der Waals surface area contributed by atoms with Gasteiger partial charge in [0.05, 0.1) is 13.2 Å². The van der Waals surface area contributed by atoms with Gasteiger partial charge >= 0.3 is 14.4 Å². The Morgan fingerprint density at radius 2 is 1.41 bits per heavy atom. The van der Waals surface area contributed by atoms with Crippen LogP contribution in [0.4, 0.5) is 0 Å². The van der Waals surface area contributed by atoms with Crippen molar-refractivity contribution in [2.24, 2.45) is 0 Å². The molecule has 195 valence electrons. The first-order chi connectivity index (χ1) is 19.3. The molecule has 5 aromatic rings. The Bertz CT molecular complexity index is 1610. The molecular formula is C32H33B2N2O3. The van der Waals surface area contributed by atoms with Crippen LogP contribution in [0.25, 0.3) is 32.3 Å². The number of hydrogen-bond acceptors (Lipinski definition) is 5. The summed E-state index contributed by atoms with van der Waals surface area (Å²) in [7, 11) is 5.82. The van der Waals surface area contributed by atoms with Crippen LogP contribution >= 0.6 is 0 Å². The van der Waals surface area contributed by atoms with E-state index in [4.69, 9.17) is 14.0 Å². The van der Waals surface area contributed by atoms with Crippen molar-refractivity contribution in [3.8, 4) is 0 Å². The van der Waals surface area contributed by atoms with Crippen molar-refractivity contribution < 1.29 is 14.0 Å². The molecule has 2 aliphatic rings. The lowest BCUT2D eigenvalue weighted by molar-refractivity contribution is 0.108. The molecule has 0 amide bonds. The maximum Gasteiger partial charge on any atom is 0.362 e. The SMILES string of the molecule is CNCCO[B]c1cc2c(c3c4ccccc4c4ccccc4c13)COCc1ccc(cc1)B2OCCNC. The fourth-order valence-corrected chi connectivity index (χ4v) is 5.72. The molecule has 0 saturated carbocycles. The van der Waals surface area contributed by atoms with Crippen LogP contribution in [0, 0.1) is 0 Å². The van der Waals surface area contributed by atoms with Crippen molar-refractivity contribution in [3.05, 3.63) is 90.0 Å². The summed E-state index contributed by atoms with van der Waals surface area (Å²) in [6, 6.07) is 28.3. The van der Waals surface area contributed by atoms with Gasteiger partial charge in [0.15, 0.2) is 0 Å². The number of nitrogens with one attached hydrogen (secondary N) is 2. The zero-order valence-corrected chi connectivity index (χ0v) is 22.6. The molecule has 5 nitrogen and oxygen atoms in total. The Morgan fingerprint density at radius 1 is 0.769 bits per heavy atom. The summed E-state index contributed by atoms with van der Waals surface area (Å²) in [5.41, 5.74) is 5.66. The predicted octanol–water partition coefficient (Wildman–Crippen LogP) is 3.00. The normalized spacial score (nSPS) is 13.3. The van der Waals surface area contributed by atoms with Crippen molar-refractivity contribution in [1.82, 2.24) is 10.6 Å². The summed E-state index contributed by atoms with van der Waals surface area (Å²) in [6.07, 6.45) is 0. The van der Waals surface area contributed by atoms with Gasteiger partial charge in [-0.3, -0.25) is 0 Å². The minimum absolute atomic E-state index is 0.233. The lowest BCUT2D eigenvalue weighted by atomic mass is 9.52. The van der Waals surface area contributed by atoms with Crippen molar-refractivity contribution in [1.29, 1.82) is 0 Å². The molecule has 0 spiro atoms. The van der Waals surface area contributed by atoms with Gasteiger partial charge in [0.25, 0.3) is 0 Å². The quantitative estimate of drug-likeness (QED) is 0.180. The lowest BCUT2D eigenvalue weighted by Crippen LogP contribution is -2.49. The number of benzene rings is 5. The minimum atomic E-state index is -0.233. The average Bonchev–Trinajstić information content (AvgIpc) is 2.98. The molecule has 0 aliphatic carbocycles. The number of ether oxygens (including phenoxy) is 1. The fraction of sp³-hybridized carbons (Fsp3) is 0.250. The van der Waals surface area contributed by atoms with Crippen LogP contribution in [0.1, 0.15) is 11.1 Å². The highest BCUT2D eigenvalue weighted by Gasteiger charge is 2.29. The number of rotatable bonds is 9. The number of fused-ring (bicyclic) bond motifs is 10. The van der Waals surface area contributed by atoms with Gasteiger partial charge in [-0.05, 0) is 73.9 Å². The van der Waals surface area contributed by atoms with Crippen molar-refractivity contribution >= 4 is 63.1 Å². The highest BCUT2D eigenvalue weighted by molar-refractivity contribution is 6.81. The monoisotopic (exact) mass is 515 g/mol. The van der Waals surface area contributed by atoms with Crippen LogP contribution in [0.3, 0.4) is 0 Å². The van der Waals surface area contributed by atoms with Gasteiger partial charge in [0.2, 0.25) is 0 Å². The molecule has 2 bridgehead atoms. The van der Waals surface area contributed by atoms with E-state index >= 15 is 0 Å². The zero-order chi connectivity index (χ0) is 26.6. The molecule has 0 fully saturated rings. The minimum Gasteiger partial charge on any atom is -0.433 e. The molecule has 0 saturated heterocycles. The Hall–Kier alpha value is -3.19. The van der Waals surface area contributed by atoms with Crippen molar-refractivity contribution in [2.45, 2.75) is 13.2 Å². The predicted molar refractivity (Wildman–Crippen MR) is 164 cm³/mol. The largest absolute Gasteiger partial charge is 0.433 e. The molecule has 0 unspecified atom stereocenters. The molecule has 2 heterocycles. The Labute approximate surface area is 231 Å². The summed E-state index contributed by atoms with van der Waals surface area (Å²) >= 11 is 0. The molecule has 1 radical (unpaired) electrons. The molecule has 7 heteroatoms. The second kappa shape index (κ2) is 11.9. The van der Waals surface area contributed by atoms with E-state index in [1.165, 1.54) is 43.4 Å². The number of hydrogen-bond donors (Lipinski definition) is 2. The third-order valence-corrected chi connectivity index (χ3v) is 7.58. The number of likely N-dealkylation sites (N-methyl/N-ethyl adjacent to an activating group) is 2. The highest BCUT2D eigenvalue weighted by atomic mass is 16.5. The topological polar surface area (TPSA) is 51.8 Å². The third-order valence-electron chi connectivity index (χ3n) is 7.58. The summed E-state index contributed by atoms with van der Waals surface area (Å²) in [5.74, 6) is 0. The van der Waals surface area contributed by atoms with E-state index in [1.54, 1.807) is 0 Å². The summed E-state index contributed by atoms with van der Waals surface area (Å²) < 4.78 is 19.1. The molecular weight excluding hydrogens is 482 g/mol. The average molecular weight is 515 g/mol. The van der Waals surface area contributed by atoms with Gasteiger partial charge < -0.3 is 24.7 Å². The van der Waals surface area contributed by atoms with Gasteiger partial charge in [-0.2, -0.15) is 0 Å². The lowest BCUT2D eigenvalue weighted by Gasteiger charge is -2.25. The maximum absolute atomic E-state index is 6.62. The third kappa shape index (κ3) is 5.09. The molecule has 7 rings (SSSR count). The summed E-state index contributed by atoms with van der Waals surface area (Å²) in [6.45, 7) is 3.57. The Kier molecular flexibility index (Phi) is 7.95. The van der Waals surface area contributed by atoms with Crippen molar-refractivity contribution in [3.63, 3.8) is 0 Å². The van der Waals surface area contributed by atoms with Gasteiger partial charge in [-0.25, -0.2) is 0 Å². The Morgan fingerprint density at radius 3 is 2.10 bits per heavy atom. The smallest absolute Gasteiger partial charge is 0.362 e. The van der Waals surface area contributed by atoms with E-state index in [9.17, 15) is 0 Å². The maximum atomic E-state index is 6.62. The first-order valence-electron chi connectivity index (χ1n) is 13.7. The van der Waals surface area contributed by atoms with Crippen LogP contribution in [0.15, 0.2) is 78.9 Å². The molecule has 5 aromatic carbocycles. The van der Waals surface area contributed by atoms with Gasteiger partial charge in [-0.15, -0.1) is 0 Å². The van der Waals surface area contributed by atoms with Crippen LogP contribution < -0.4 is 27.0 Å². The van der Waals surface area contributed by atoms with E-state index in [-0.39, 0.29) is 6.92 Å². The van der Waals surface area contributed by atoms with Crippen LogP contribution in [-0.2, 0) is 27.3 Å². The van der Waals surface area contributed by atoms with Crippen molar-refractivity contribution in [2.75, 3.05) is 40.4 Å². The molecule has 2 N–H and O–H groups in total. The van der Waals surface area contributed by atoms with Crippen LogP contribution in [0.2, 0.25) is 0 Å². The van der Waals surface area contributed by atoms with E-state index < -0.39 is 0 Å². The molecule has 0 aromatic heterocycles. The Balaban J connectivity index is 1.68. The summed E-state index contributed by atoms with van der Waals surface area (Å²) in [4.78, 5) is 0. The van der Waals surface area contributed by atoms with E-state index in [2.05, 4.69) is 89.5 Å². The fourth-order valence-electron chi connectivity index (χ4n) is 5.72. The van der Waals surface area contributed by atoms with E-state index in [0.29, 0.717) is 26.4 Å². The van der Waals surface area contributed by atoms with Crippen LogP contribution in [0.5, 0.6) is 0 Å². The second-order valence-electron chi connectivity index (χ2n) is 10.1.